The smallest absolute Gasteiger partial charge is 0.337 e. The fourth-order valence-corrected chi connectivity index (χ4v) is 2.35. The Labute approximate surface area is 155 Å². The van der Waals surface area contributed by atoms with Crippen molar-refractivity contribution >= 4 is 40.7 Å². The summed E-state index contributed by atoms with van der Waals surface area (Å²) in [6.45, 7) is 1.93. The van der Waals surface area contributed by atoms with Crippen LogP contribution >= 0.6 is 11.6 Å². The van der Waals surface area contributed by atoms with Gasteiger partial charge in [0.2, 0.25) is 5.95 Å². The van der Waals surface area contributed by atoms with E-state index in [1.54, 1.807) is 30.3 Å². The zero-order valence-corrected chi connectivity index (χ0v) is 14.9. The maximum Gasteiger partial charge on any atom is 0.337 e. The summed E-state index contributed by atoms with van der Waals surface area (Å²) in [5.74, 6) is 0.455. The Kier molecular flexibility index (Phi) is 5.28. The molecule has 0 fully saturated rings. The van der Waals surface area contributed by atoms with Crippen molar-refractivity contribution in [3.8, 4) is 0 Å². The number of carbonyl (C=O) groups is 1. The second-order valence-electron chi connectivity index (χ2n) is 5.45. The van der Waals surface area contributed by atoms with Gasteiger partial charge in [-0.05, 0) is 48.9 Å². The van der Waals surface area contributed by atoms with Gasteiger partial charge in [-0.2, -0.15) is 10.1 Å². The zero-order chi connectivity index (χ0) is 18.5. The molecule has 0 bridgehead atoms. The fraction of sp³-hybridized carbons (Fsp3) is 0.111. The van der Waals surface area contributed by atoms with E-state index in [1.165, 1.54) is 13.3 Å². The molecule has 0 spiro atoms. The highest BCUT2D eigenvalue weighted by molar-refractivity contribution is 6.31. The van der Waals surface area contributed by atoms with Crippen LogP contribution in [0.5, 0.6) is 0 Å². The number of nitrogens with one attached hydrogen (secondary N) is 2. The SMILES string of the molecule is COC(=O)c1ccc(Nc2cnnc(Nc3ccc(C)c(Cl)c3)n2)cc1. The summed E-state index contributed by atoms with van der Waals surface area (Å²) in [5, 5.41) is 14.7. The Morgan fingerprint density at radius 3 is 2.50 bits per heavy atom. The van der Waals surface area contributed by atoms with E-state index in [0.717, 1.165) is 16.9 Å². The number of ether oxygens (including phenoxy) is 1. The number of halogens is 1. The summed E-state index contributed by atoms with van der Waals surface area (Å²) in [5.41, 5.74) is 2.98. The maximum atomic E-state index is 11.5. The minimum atomic E-state index is -0.386. The third kappa shape index (κ3) is 4.25. The van der Waals surface area contributed by atoms with Crippen molar-refractivity contribution in [2.75, 3.05) is 17.7 Å². The molecule has 0 amide bonds. The van der Waals surface area contributed by atoms with E-state index in [1.807, 2.05) is 19.1 Å². The third-order valence-electron chi connectivity index (χ3n) is 3.57. The Morgan fingerprint density at radius 1 is 1.08 bits per heavy atom. The molecule has 2 aromatic carbocycles. The summed E-state index contributed by atoms with van der Waals surface area (Å²) in [4.78, 5) is 15.8. The maximum absolute atomic E-state index is 11.5. The molecule has 7 nitrogen and oxygen atoms in total. The van der Waals surface area contributed by atoms with E-state index in [4.69, 9.17) is 11.6 Å². The van der Waals surface area contributed by atoms with Gasteiger partial charge in [-0.15, -0.1) is 5.10 Å². The fourth-order valence-electron chi connectivity index (χ4n) is 2.17. The normalized spacial score (nSPS) is 10.3. The van der Waals surface area contributed by atoms with Crippen LogP contribution in [0.4, 0.5) is 23.1 Å². The summed E-state index contributed by atoms with van der Waals surface area (Å²) in [7, 11) is 1.34. The van der Waals surface area contributed by atoms with Crippen molar-refractivity contribution in [1.29, 1.82) is 0 Å². The van der Waals surface area contributed by atoms with Crippen molar-refractivity contribution < 1.29 is 9.53 Å². The van der Waals surface area contributed by atoms with Gasteiger partial charge in [-0.25, -0.2) is 4.79 Å². The molecule has 0 unspecified atom stereocenters. The largest absolute Gasteiger partial charge is 0.465 e. The van der Waals surface area contributed by atoms with Crippen LogP contribution in [0.1, 0.15) is 15.9 Å². The van der Waals surface area contributed by atoms with Crippen molar-refractivity contribution in [2.45, 2.75) is 6.92 Å². The molecule has 0 saturated heterocycles. The Balaban J connectivity index is 1.72. The van der Waals surface area contributed by atoms with E-state index in [-0.39, 0.29) is 5.97 Å². The van der Waals surface area contributed by atoms with Crippen LogP contribution in [0, 0.1) is 6.92 Å². The van der Waals surface area contributed by atoms with E-state index in [2.05, 4.69) is 30.6 Å². The third-order valence-corrected chi connectivity index (χ3v) is 3.97. The highest BCUT2D eigenvalue weighted by atomic mass is 35.5. The van der Waals surface area contributed by atoms with Crippen LogP contribution in [-0.4, -0.2) is 28.3 Å². The Hall–Kier alpha value is -3.19. The zero-order valence-electron chi connectivity index (χ0n) is 14.2. The molecule has 2 N–H and O–H groups in total. The molecule has 1 aromatic heterocycles. The Morgan fingerprint density at radius 2 is 1.81 bits per heavy atom. The topological polar surface area (TPSA) is 89.0 Å². The van der Waals surface area contributed by atoms with E-state index in [0.29, 0.717) is 22.4 Å². The molecule has 0 aliphatic carbocycles. The summed E-state index contributed by atoms with van der Waals surface area (Å²) in [6, 6.07) is 12.4. The number of benzene rings is 2. The van der Waals surface area contributed by atoms with Crippen LogP contribution in [-0.2, 0) is 4.74 Å². The molecule has 8 heteroatoms. The first kappa shape index (κ1) is 17.6. The average Bonchev–Trinajstić information content (AvgIpc) is 2.65. The molecule has 1 heterocycles. The van der Waals surface area contributed by atoms with E-state index in [9.17, 15) is 4.79 Å². The lowest BCUT2D eigenvalue weighted by molar-refractivity contribution is 0.0601. The summed E-state index contributed by atoms with van der Waals surface area (Å²) < 4.78 is 4.67. The van der Waals surface area contributed by atoms with Crippen LogP contribution in [0.25, 0.3) is 0 Å². The van der Waals surface area contributed by atoms with Gasteiger partial charge in [0.15, 0.2) is 5.82 Å². The standard InChI is InChI=1S/C18H16ClN5O2/c1-11-3-6-14(9-15(11)19)22-18-23-16(10-20-24-18)21-13-7-4-12(5-8-13)17(25)26-2/h3-10H,1-2H3,(H2,21,22,23,24). The lowest BCUT2D eigenvalue weighted by Crippen LogP contribution is -2.03. The minimum Gasteiger partial charge on any atom is -0.465 e. The molecule has 0 radical (unpaired) electrons. The number of methoxy groups -OCH3 is 1. The summed E-state index contributed by atoms with van der Waals surface area (Å²) >= 11 is 6.12. The molecule has 0 aliphatic rings. The number of hydrogen-bond donors (Lipinski definition) is 2. The number of nitrogens with zero attached hydrogens (tertiary/aromatic N) is 3. The molecule has 3 rings (SSSR count). The lowest BCUT2D eigenvalue weighted by Gasteiger charge is -2.09. The molecule has 26 heavy (non-hydrogen) atoms. The van der Waals surface area contributed by atoms with Gasteiger partial charge < -0.3 is 15.4 Å². The van der Waals surface area contributed by atoms with Crippen molar-refractivity contribution in [2.24, 2.45) is 0 Å². The van der Waals surface area contributed by atoms with Gasteiger partial charge in [0.25, 0.3) is 0 Å². The van der Waals surface area contributed by atoms with Gasteiger partial charge in [0.05, 0.1) is 18.9 Å². The first-order chi connectivity index (χ1) is 12.5. The number of rotatable bonds is 5. The van der Waals surface area contributed by atoms with Gasteiger partial charge in [0, 0.05) is 16.4 Å². The molecule has 0 atom stereocenters. The number of anilines is 4. The van der Waals surface area contributed by atoms with Gasteiger partial charge in [0.1, 0.15) is 0 Å². The number of aromatic nitrogens is 3. The number of hydrogen-bond acceptors (Lipinski definition) is 7. The van der Waals surface area contributed by atoms with Crippen LogP contribution in [0.2, 0.25) is 5.02 Å². The molecule has 132 valence electrons. The van der Waals surface area contributed by atoms with Crippen LogP contribution < -0.4 is 10.6 Å². The molecular formula is C18H16ClN5O2. The second kappa shape index (κ2) is 7.79. The second-order valence-corrected chi connectivity index (χ2v) is 5.86. The Bertz CT molecular complexity index is 931. The molecule has 0 saturated carbocycles. The highest BCUT2D eigenvalue weighted by Gasteiger charge is 2.06. The summed E-state index contributed by atoms with van der Waals surface area (Å²) in [6.07, 6.45) is 1.50. The molecule has 0 aliphatic heterocycles. The molecule has 3 aromatic rings. The van der Waals surface area contributed by atoms with Crippen LogP contribution in [0.3, 0.4) is 0 Å². The first-order valence-electron chi connectivity index (χ1n) is 7.73. The number of esters is 1. The monoisotopic (exact) mass is 369 g/mol. The quantitative estimate of drug-likeness (QED) is 0.654. The lowest BCUT2D eigenvalue weighted by atomic mass is 10.2. The highest BCUT2D eigenvalue weighted by Crippen LogP contribution is 2.22. The van der Waals surface area contributed by atoms with E-state index >= 15 is 0 Å². The van der Waals surface area contributed by atoms with E-state index < -0.39 is 0 Å². The number of carbonyl (C=O) groups excluding carboxylic acids is 1. The number of aryl methyl sites for hydroxylation is 1. The molecular weight excluding hydrogens is 354 g/mol. The van der Waals surface area contributed by atoms with Gasteiger partial charge in [-0.1, -0.05) is 17.7 Å². The minimum absolute atomic E-state index is 0.334. The predicted molar refractivity (Wildman–Crippen MR) is 100 cm³/mol. The van der Waals surface area contributed by atoms with Crippen LogP contribution in [0.15, 0.2) is 48.7 Å². The van der Waals surface area contributed by atoms with Gasteiger partial charge >= 0.3 is 5.97 Å². The van der Waals surface area contributed by atoms with Gasteiger partial charge in [-0.3, -0.25) is 0 Å². The van der Waals surface area contributed by atoms with Crippen molar-refractivity contribution in [3.63, 3.8) is 0 Å². The first-order valence-corrected chi connectivity index (χ1v) is 8.11. The van der Waals surface area contributed by atoms with Crippen molar-refractivity contribution in [3.05, 3.63) is 64.8 Å². The predicted octanol–water partition coefficient (Wildman–Crippen LogP) is 4.11. The van der Waals surface area contributed by atoms with Crippen molar-refractivity contribution in [1.82, 2.24) is 15.2 Å². The average molecular weight is 370 g/mol.